The Bertz CT molecular complexity index is 161. The first-order valence-corrected chi connectivity index (χ1v) is 4.24. The van der Waals surface area contributed by atoms with Gasteiger partial charge in [-0.05, 0) is 6.42 Å². The van der Waals surface area contributed by atoms with Gasteiger partial charge in [0.2, 0.25) is 0 Å². The topological polar surface area (TPSA) is 32.8 Å². The number of hydrogen-bond acceptors (Lipinski definition) is 2. The average molecular weight is 172 g/mol. The molecule has 0 aromatic heterocycles. The van der Waals surface area contributed by atoms with Crippen LogP contribution in [0.5, 0.6) is 0 Å². The van der Waals surface area contributed by atoms with E-state index in [-0.39, 0.29) is 6.03 Å². The third-order valence-corrected chi connectivity index (χ3v) is 2.08. The summed E-state index contributed by atoms with van der Waals surface area (Å²) in [6, 6.07) is 0.145. The van der Waals surface area contributed by atoms with Gasteiger partial charge < -0.3 is 14.5 Å². The van der Waals surface area contributed by atoms with Gasteiger partial charge in [-0.3, -0.25) is 0 Å². The fraction of sp³-hybridized carbons (Fsp3) is 0.875. The Morgan fingerprint density at radius 3 is 2.75 bits per heavy atom. The zero-order valence-electron chi connectivity index (χ0n) is 7.75. The summed E-state index contributed by atoms with van der Waals surface area (Å²) in [5.74, 6) is 0. The Balaban J connectivity index is 2.20. The number of rotatable bonds is 4. The Morgan fingerprint density at radius 2 is 2.25 bits per heavy atom. The van der Waals surface area contributed by atoms with E-state index < -0.39 is 0 Å². The van der Waals surface area contributed by atoms with Gasteiger partial charge >= 0.3 is 6.03 Å². The van der Waals surface area contributed by atoms with Crippen LogP contribution in [0.25, 0.3) is 0 Å². The first-order chi connectivity index (χ1) is 5.75. The Kier molecular flexibility index (Phi) is 3.34. The molecule has 4 heteroatoms. The van der Waals surface area contributed by atoms with Gasteiger partial charge in [-0.2, -0.15) is 0 Å². The molecule has 4 nitrogen and oxygen atoms in total. The van der Waals surface area contributed by atoms with Crippen molar-refractivity contribution in [3.63, 3.8) is 0 Å². The molecule has 0 aromatic rings. The third kappa shape index (κ3) is 2.11. The molecule has 1 fully saturated rings. The van der Waals surface area contributed by atoms with Crippen LogP contribution >= 0.6 is 0 Å². The smallest absolute Gasteiger partial charge is 0.319 e. The number of methoxy groups -OCH3 is 1. The van der Waals surface area contributed by atoms with E-state index >= 15 is 0 Å². The third-order valence-electron chi connectivity index (χ3n) is 2.08. The number of carbonyl (C=O) groups is 1. The summed E-state index contributed by atoms with van der Waals surface area (Å²) in [7, 11) is 3.51. The van der Waals surface area contributed by atoms with Gasteiger partial charge in [0.05, 0.1) is 0 Å². The predicted molar refractivity (Wildman–Crippen MR) is 46.1 cm³/mol. The van der Waals surface area contributed by atoms with Crippen LogP contribution in [0.2, 0.25) is 0 Å². The standard InChI is InChI=1S/C8H16N2O2/c1-9-5-6-10(8(9)11)4-3-7-12-2/h3-7H2,1-2H3. The normalized spacial score (nSPS) is 17.7. The van der Waals surface area contributed by atoms with Crippen molar-refractivity contribution in [3.05, 3.63) is 0 Å². The van der Waals surface area contributed by atoms with Crippen LogP contribution in [0.3, 0.4) is 0 Å². The molecule has 1 aliphatic heterocycles. The van der Waals surface area contributed by atoms with Crippen molar-refractivity contribution in [2.24, 2.45) is 0 Å². The maximum Gasteiger partial charge on any atom is 0.319 e. The lowest BCUT2D eigenvalue weighted by Gasteiger charge is -2.14. The van der Waals surface area contributed by atoms with Gasteiger partial charge in [-0.1, -0.05) is 0 Å². The van der Waals surface area contributed by atoms with Gasteiger partial charge in [-0.15, -0.1) is 0 Å². The Labute approximate surface area is 73.1 Å². The summed E-state index contributed by atoms with van der Waals surface area (Å²) < 4.78 is 4.91. The molecule has 0 atom stereocenters. The molecule has 0 saturated carbocycles. The quantitative estimate of drug-likeness (QED) is 0.575. The fourth-order valence-corrected chi connectivity index (χ4v) is 1.31. The van der Waals surface area contributed by atoms with Crippen LogP contribution in [-0.2, 0) is 4.74 Å². The first kappa shape index (κ1) is 9.32. The number of nitrogens with zero attached hydrogens (tertiary/aromatic N) is 2. The molecule has 70 valence electrons. The maximum atomic E-state index is 11.3. The lowest BCUT2D eigenvalue weighted by atomic mass is 10.4. The number of amides is 2. The summed E-state index contributed by atoms with van der Waals surface area (Å²) in [6.45, 7) is 3.26. The van der Waals surface area contributed by atoms with E-state index in [1.165, 1.54) is 0 Å². The van der Waals surface area contributed by atoms with Crippen LogP contribution in [0.1, 0.15) is 6.42 Å². The fourth-order valence-electron chi connectivity index (χ4n) is 1.31. The van der Waals surface area contributed by atoms with Gasteiger partial charge in [-0.25, -0.2) is 4.79 Å². The monoisotopic (exact) mass is 172 g/mol. The van der Waals surface area contributed by atoms with E-state index in [0.717, 1.165) is 32.7 Å². The maximum absolute atomic E-state index is 11.3. The van der Waals surface area contributed by atoms with Crippen molar-refractivity contribution in [1.82, 2.24) is 9.80 Å². The van der Waals surface area contributed by atoms with E-state index in [9.17, 15) is 4.79 Å². The summed E-state index contributed by atoms with van der Waals surface area (Å²) in [5.41, 5.74) is 0. The second-order valence-corrected chi connectivity index (χ2v) is 3.04. The molecule has 1 aliphatic rings. The number of likely N-dealkylation sites (N-methyl/N-ethyl adjacent to an activating group) is 1. The highest BCUT2D eigenvalue weighted by atomic mass is 16.5. The molecule has 1 heterocycles. The number of urea groups is 1. The van der Waals surface area contributed by atoms with E-state index in [1.807, 2.05) is 11.9 Å². The Morgan fingerprint density at radius 1 is 1.50 bits per heavy atom. The van der Waals surface area contributed by atoms with Crippen LogP contribution in [0, 0.1) is 0 Å². The molecule has 0 N–H and O–H groups in total. The van der Waals surface area contributed by atoms with Crippen molar-refractivity contribution < 1.29 is 9.53 Å². The average Bonchev–Trinajstić information content (AvgIpc) is 2.36. The van der Waals surface area contributed by atoms with Crippen LogP contribution in [0.15, 0.2) is 0 Å². The molecular formula is C8H16N2O2. The SMILES string of the molecule is COCCCN1CCN(C)C1=O. The number of carbonyl (C=O) groups excluding carboxylic acids is 1. The van der Waals surface area contributed by atoms with Crippen LogP contribution in [-0.4, -0.2) is 56.2 Å². The lowest BCUT2D eigenvalue weighted by Crippen LogP contribution is -2.30. The van der Waals surface area contributed by atoms with Crippen LogP contribution < -0.4 is 0 Å². The lowest BCUT2D eigenvalue weighted by molar-refractivity contribution is 0.173. The minimum absolute atomic E-state index is 0.145. The highest BCUT2D eigenvalue weighted by Gasteiger charge is 2.23. The van der Waals surface area contributed by atoms with Gasteiger partial charge in [0.15, 0.2) is 0 Å². The van der Waals surface area contributed by atoms with Gasteiger partial charge in [0.25, 0.3) is 0 Å². The predicted octanol–water partition coefficient (Wildman–Crippen LogP) is 0.390. The van der Waals surface area contributed by atoms with E-state index in [1.54, 1.807) is 12.0 Å². The molecule has 0 bridgehead atoms. The van der Waals surface area contributed by atoms with Crippen molar-refractivity contribution in [3.8, 4) is 0 Å². The molecule has 0 radical (unpaired) electrons. The van der Waals surface area contributed by atoms with E-state index in [4.69, 9.17) is 4.74 Å². The highest BCUT2D eigenvalue weighted by molar-refractivity contribution is 5.76. The van der Waals surface area contributed by atoms with Gasteiger partial charge in [0, 0.05) is 40.4 Å². The van der Waals surface area contributed by atoms with E-state index in [0.29, 0.717) is 0 Å². The second kappa shape index (κ2) is 4.30. The molecule has 0 aliphatic carbocycles. The van der Waals surface area contributed by atoms with Crippen molar-refractivity contribution in [2.75, 3.05) is 40.4 Å². The van der Waals surface area contributed by atoms with Crippen molar-refractivity contribution >= 4 is 6.03 Å². The zero-order chi connectivity index (χ0) is 8.97. The van der Waals surface area contributed by atoms with E-state index in [2.05, 4.69) is 0 Å². The summed E-state index contributed by atoms with van der Waals surface area (Å²) in [4.78, 5) is 14.9. The molecule has 0 spiro atoms. The number of hydrogen-bond donors (Lipinski definition) is 0. The Hall–Kier alpha value is -0.770. The van der Waals surface area contributed by atoms with Crippen LogP contribution in [0.4, 0.5) is 4.79 Å². The molecule has 0 unspecified atom stereocenters. The number of ether oxygens (including phenoxy) is 1. The molecular weight excluding hydrogens is 156 g/mol. The molecule has 12 heavy (non-hydrogen) atoms. The van der Waals surface area contributed by atoms with Gasteiger partial charge in [0.1, 0.15) is 0 Å². The molecule has 1 rings (SSSR count). The first-order valence-electron chi connectivity index (χ1n) is 4.24. The molecule has 0 aromatic carbocycles. The summed E-state index contributed by atoms with van der Waals surface area (Å²) >= 11 is 0. The highest BCUT2D eigenvalue weighted by Crippen LogP contribution is 2.05. The largest absolute Gasteiger partial charge is 0.385 e. The summed E-state index contributed by atoms with van der Waals surface area (Å²) in [5, 5.41) is 0. The van der Waals surface area contributed by atoms with Crippen molar-refractivity contribution in [1.29, 1.82) is 0 Å². The summed E-state index contributed by atoms with van der Waals surface area (Å²) in [6.07, 6.45) is 0.927. The minimum atomic E-state index is 0.145. The molecule has 2 amide bonds. The minimum Gasteiger partial charge on any atom is -0.385 e. The van der Waals surface area contributed by atoms with Crippen molar-refractivity contribution in [2.45, 2.75) is 6.42 Å². The zero-order valence-corrected chi connectivity index (χ0v) is 7.75. The second-order valence-electron chi connectivity index (χ2n) is 3.04. The molecule has 1 saturated heterocycles.